The average Bonchev–Trinajstić information content (AvgIpc) is 3.43. The van der Waals surface area contributed by atoms with Crippen LogP contribution in [-0.4, -0.2) is 42.5 Å². The fraction of sp³-hybridized carbons (Fsp3) is 0.300. The van der Waals surface area contributed by atoms with Crippen LogP contribution in [0.5, 0.6) is 0 Å². The first-order valence-corrected chi connectivity index (χ1v) is 9.25. The van der Waals surface area contributed by atoms with Crippen molar-refractivity contribution in [1.29, 1.82) is 0 Å². The van der Waals surface area contributed by atoms with Gasteiger partial charge in [0.05, 0.1) is 11.9 Å². The lowest BCUT2D eigenvalue weighted by Crippen LogP contribution is -2.22. The number of aromatic nitrogens is 6. The largest absolute Gasteiger partial charge is 0.356 e. The van der Waals surface area contributed by atoms with Crippen LogP contribution >= 0.6 is 0 Å². The molecule has 3 aromatic heterocycles. The van der Waals surface area contributed by atoms with E-state index >= 15 is 0 Å². The predicted molar refractivity (Wildman–Crippen MR) is 103 cm³/mol. The summed E-state index contributed by atoms with van der Waals surface area (Å²) in [4.78, 5) is 11.4. The molecule has 7 heteroatoms. The average molecular weight is 359 g/mol. The monoisotopic (exact) mass is 359 g/mol. The summed E-state index contributed by atoms with van der Waals surface area (Å²) in [6, 6.07) is 12.4. The van der Waals surface area contributed by atoms with Crippen LogP contribution in [0, 0.1) is 5.92 Å². The normalized spacial score (nSPS) is 17.1. The number of rotatable bonds is 4. The molecule has 4 aromatic rings. The van der Waals surface area contributed by atoms with Crippen LogP contribution in [0.1, 0.15) is 12.0 Å². The minimum atomic E-state index is 0.616. The van der Waals surface area contributed by atoms with Gasteiger partial charge in [-0.15, -0.1) is 0 Å². The predicted octanol–water partition coefficient (Wildman–Crippen LogP) is 2.59. The van der Waals surface area contributed by atoms with E-state index in [-0.39, 0.29) is 0 Å². The maximum atomic E-state index is 4.75. The third-order valence-corrected chi connectivity index (χ3v) is 5.20. The summed E-state index contributed by atoms with van der Waals surface area (Å²) >= 11 is 0. The first-order chi connectivity index (χ1) is 13.3. The SMILES string of the molecule is Cn1cc(CC2CCN(c3cc(-c4ccccc4)n4ncnc4n3)C2)cn1. The van der Waals surface area contributed by atoms with Crippen molar-refractivity contribution >= 4 is 11.6 Å². The molecule has 0 N–H and O–H groups in total. The zero-order valence-electron chi connectivity index (χ0n) is 15.2. The van der Waals surface area contributed by atoms with Crippen LogP contribution in [0.4, 0.5) is 5.82 Å². The Morgan fingerprint density at radius 2 is 2.04 bits per heavy atom. The highest BCUT2D eigenvalue weighted by Gasteiger charge is 2.25. The van der Waals surface area contributed by atoms with Gasteiger partial charge in [0.2, 0.25) is 0 Å². The molecule has 1 fully saturated rings. The van der Waals surface area contributed by atoms with E-state index in [0.29, 0.717) is 11.7 Å². The van der Waals surface area contributed by atoms with Crippen molar-refractivity contribution in [2.24, 2.45) is 13.0 Å². The number of hydrogen-bond donors (Lipinski definition) is 0. The van der Waals surface area contributed by atoms with E-state index < -0.39 is 0 Å². The topological polar surface area (TPSA) is 64.1 Å². The van der Waals surface area contributed by atoms with Gasteiger partial charge >= 0.3 is 0 Å². The van der Waals surface area contributed by atoms with Gasteiger partial charge in [0.25, 0.3) is 5.78 Å². The molecule has 1 aromatic carbocycles. The zero-order chi connectivity index (χ0) is 18.2. The second-order valence-corrected chi connectivity index (χ2v) is 7.16. The number of aryl methyl sites for hydroxylation is 1. The quantitative estimate of drug-likeness (QED) is 0.560. The van der Waals surface area contributed by atoms with Crippen molar-refractivity contribution in [1.82, 2.24) is 29.4 Å². The summed E-state index contributed by atoms with van der Waals surface area (Å²) in [6.45, 7) is 2.01. The Balaban J connectivity index is 1.44. The van der Waals surface area contributed by atoms with Crippen molar-refractivity contribution in [3.63, 3.8) is 0 Å². The smallest absolute Gasteiger partial charge is 0.254 e. The standard InChI is InChI=1S/C20H21N7/c1-25-12-16(11-22-25)9-15-7-8-26(13-15)19-10-18(17-5-3-2-4-6-17)27-20(24-19)21-14-23-27/h2-6,10-12,14-15H,7-9,13H2,1H3. The summed E-state index contributed by atoms with van der Waals surface area (Å²) in [7, 11) is 1.97. The summed E-state index contributed by atoms with van der Waals surface area (Å²) in [6.07, 6.45) is 7.86. The second-order valence-electron chi connectivity index (χ2n) is 7.16. The number of hydrogen-bond acceptors (Lipinski definition) is 5. The number of benzene rings is 1. The molecule has 1 saturated heterocycles. The van der Waals surface area contributed by atoms with Crippen molar-refractivity contribution in [3.05, 3.63) is 60.7 Å². The molecule has 7 nitrogen and oxygen atoms in total. The molecule has 1 aliphatic rings. The summed E-state index contributed by atoms with van der Waals surface area (Å²) < 4.78 is 3.68. The van der Waals surface area contributed by atoms with E-state index in [1.807, 2.05) is 40.6 Å². The van der Waals surface area contributed by atoms with Crippen LogP contribution in [0.2, 0.25) is 0 Å². The Morgan fingerprint density at radius 1 is 1.15 bits per heavy atom. The molecule has 4 heterocycles. The lowest BCUT2D eigenvalue weighted by molar-refractivity contribution is 0.586. The molecule has 1 aliphatic heterocycles. The Kier molecular flexibility index (Phi) is 3.85. The van der Waals surface area contributed by atoms with E-state index in [9.17, 15) is 0 Å². The minimum Gasteiger partial charge on any atom is -0.356 e. The Labute approximate surface area is 157 Å². The fourth-order valence-electron chi connectivity index (χ4n) is 3.89. The molecule has 0 bridgehead atoms. The molecule has 0 spiro atoms. The summed E-state index contributed by atoms with van der Waals surface area (Å²) in [5.74, 6) is 2.23. The number of fused-ring (bicyclic) bond motifs is 1. The highest BCUT2D eigenvalue weighted by Crippen LogP contribution is 2.28. The Hall–Kier alpha value is -3.22. The maximum absolute atomic E-state index is 4.75. The van der Waals surface area contributed by atoms with Gasteiger partial charge in [0, 0.05) is 38.0 Å². The van der Waals surface area contributed by atoms with E-state index in [4.69, 9.17) is 4.98 Å². The highest BCUT2D eigenvalue weighted by atomic mass is 15.3. The van der Waals surface area contributed by atoms with Crippen LogP contribution in [0.3, 0.4) is 0 Å². The third-order valence-electron chi connectivity index (χ3n) is 5.20. The van der Waals surface area contributed by atoms with Gasteiger partial charge in [0.1, 0.15) is 12.1 Å². The first-order valence-electron chi connectivity index (χ1n) is 9.25. The fourth-order valence-corrected chi connectivity index (χ4v) is 3.89. The van der Waals surface area contributed by atoms with Crippen LogP contribution < -0.4 is 4.90 Å². The van der Waals surface area contributed by atoms with Gasteiger partial charge in [-0.1, -0.05) is 30.3 Å². The summed E-state index contributed by atoms with van der Waals surface area (Å²) in [5, 5.41) is 8.63. The van der Waals surface area contributed by atoms with Crippen molar-refractivity contribution in [3.8, 4) is 11.3 Å². The summed E-state index contributed by atoms with van der Waals surface area (Å²) in [5.41, 5.74) is 3.43. The first kappa shape index (κ1) is 16.0. The number of nitrogens with zero attached hydrogens (tertiary/aromatic N) is 7. The molecule has 0 radical (unpaired) electrons. The van der Waals surface area contributed by atoms with Crippen LogP contribution in [0.15, 0.2) is 55.1 Å². The Morgan fingerprint density at radius 3 is 2.85 bits per heavy atom. The molecular weight excluding hydrogens is 338 g/mol. The molecule has 0 aliphatic carbocycles. The van der Waals surface area contributed by atoms with Crippen LogP contribution in [0.25, 0.3) is 17.0 Å². The molecule has 27 heavy (non-hydrogen) atoms. The molecule has 0 saturated carbocycles. The van der Waals surface area contributed by atoms with Crippen molar-refractivity contribution in [2.45, 2.75) is 12.8 Å². The molecular formula is C20H21N7. The molecule has 5 rings (SSSR count). The van der Waals surface area contributed by atoms with E-state index in [1.165, 1.54) is 5.56 Å². The third kappa shape index (κ3) is 3.05. The van der Waals surface area contributed by atoms with Gasteiger partial charge in [-0.05, 0) is 24.3 Å². The van der Waals surface area contributed by atoms with Gasteiger partial charge in [-0.25, -0.2) is 0 Å². The zero-order valence-corrected chi connectivity index (χ0v) is 15.2. The highest BCUT2D eigenvalue weighted by molar-refractivity contribution is 5.66. The van der Waals surface area contributed by atoms with Gasteiger partial charge in [-0.2, -0.15) is 24.7 Å². The minimum absolute atomic E-state index is 0.616. The van der Waals surface area contributed by atoms with Crippen molar-refractivity contribution < 1.29 is 0 Å². The second kappa shape index (κ2) is 6.50. The van der Waals surface area contributed by atoms with Crippen LogP contribution in [-0.2, 0) is 13.5 Å². The van der Waals surface area contributed by atoms with Gasteiger partial charge < -0.3 is 4.90 Å². The lowest BCUT2D eigenvalue weighted by Gasteiger charge is -2.18. The maximum Gasteiger partial charge on any atom is 0.254 e. The Bertz CT molecular complexity index is 1070. The lowest BCUT2D eigenvalue weighted by atomic mass is 10.0. The van der Waals surface area contributed by atoms with Crippen molar-refractivity contribution in [2.75, 3.05) is 18.0 Å². The molecule has 1 unspecified atom stereocenters. The molecule has 136 valence electrons. The van der Waals surface area contributed by atoms with Gasteiger partial charge in [0.15, 0.2) is 0 Å². The molecule has 1 atom stereocenters. The van der Waals surface area contributed by atoms with E-state index in [0.717, 1.165) is 43.0 Å². The number of anilines is 1. The van der Waals surface area contributed by atoms with Gasteiger partial charge in [-0.3, -0.25) is 4.68 Å². The van der Waals surface area contributed by atoms with E-state index in [2.05, 4.69) is 44.5 Å². The molecule has 0 amide bonds. The van der Waals surface area contributed by atoms with E-state index in [1.54, 1.807) is 6.33 Å².